The van der Waals surface area contributed by atoms with Gasteiger partial charge in [-0.3, -0.25) is 19.2 Å². The molecule has 0 aromatic carbocycles. The monoisotopic (exact) mass is 524 g/mol. The number of aliphatic hydroxyl groups is 1. The van der Waals surface area contributed by atoms with Gasteiger partial charge in [-0.15, -0.1) is 11.6 Å². The van der Waals surface area contributed by atoms with Crippen LogP contribution in [0.1, 0.15) is 59.8 Å². The molecule has 3 saturated carbocycles. The molecule has 4 aliphatic carbocycles. The number of Topliss-reactive ketones (excluding diaryl/α,β-unsaturated/α-hetero) is 1. The van der Waals surface area contributed by atoms with Crippen molar-refractivity contribution in [1.29, 1.82) is 0 Å². The summed E-state index contributed by atoms with van der Waals surface area (Å²) in [5, 5.41) is 14.5. The summed E-state index contributed by atoms with van der Waals surface area (Å²) >= 11 is 7.49. The number of hydrogen-bond acceptors (Lipinski definition) is 6. The molecule has 9 atom stereocenters. The third kappa shape index (κ3) is 3.52. The van der Waals surface area contributed by atoms with Crippen molar-refractivity contribution in [2.45, 2.75) is 76.4 Å². The standard InChI is InChI=1S/C26H35ClNO6P/c1-5-22(32)33-13-21(31)26(34-28-14-35)15(2)10-19-18-7-6-16-11-17(29)8-9-23(16,3)25(18,27)20(30)12-24(19,26)4/h8-9,11,14-15,18-20,30H,5-7,10,12-13,35H2,1-4H3/p+1/t15-,18-,19-,20-,23-,24-,25-,26-/m0/s1. The molecule has 2 N–H and O–H groups in total. The van der Waals surface area contributed by atoms with E-state index in [2.05, 4.69) is 14.4 Å². The highest BCUT2D eigenvalue weighted by atomic mass is 35.5. The molecular weight excluding hydrogens is 489 g/mol. The predicted molar refractivity (Wildman–Crippen MR) is 134 cm³/mol. The van der Waals surface area contributed by atoms with E-state index in [0.717, 1.165) is 5.57 Å². The lowest BCUT2D eigenvalue weighted by Gasteiger charge is -2.63. The first-order valence-electron chi connectivity index (χ1n) is 12.4. The van der Waals surface area contributed by atoms with Crippen molar-refractivity contribution < 1.29 is 34.2 Å². The smallest absolute Gasteiger partial charge is 0.305 e. The fourth-order valence-electron chi connectivity index (χ4n) is 7.88. The quantitative estimate of drug-likeness (QED) is 0.181. The van der Waals surface area contributed by atoms with E-state index in [-0.39, 0.29) is 48.8 Å². The van der Waals surface area contributed by atoms with E-state index in [1.165, 1.54) is 5.96 Å². The van der Waals surface area contributed by atoms with E-state index < -0.39 is 33.4 Å². The third-order valence-corrected chi connectivity index (χ3v) is 10.6. The van der Waals surface area contributed by atoms with Gasteiger partial charge in [0.1, 0.15) is 0 Å². The Bertz CT molecular complexity index is 1030. The molecule has 9 heteroatoms. The first-order chi connectivity index (χ1) is 16.4. The summed E-state index contributed by atoms with van der Waals surface area (Å²) in [6, 6.07) is 0. The fraction of sp³-hybridized carbons (Fsp3) is 0.692. The van der Waals surface area contributed by atoms with Gasteiger partial charge in [0.2, 0.25) is 17.3 Å². The highest BCUT2D eigenvalue weighted by molar-refractivity contribution is 7.36. The minimum absolute atomic E-state index is 0.0278. The topological polar surface area (TPSA) is 104 Å². The summed E-state index contributed by atoms with van der Waals surface area (Å²) in [6.45, 7) is 7.27. The average molecular weight is 525 g/mol. The van der Waals surface area contributed by atoms with Gasteiger partial charge in [0, 0.05) is 23.2 Å². The van der Waals surface area contributed by atoms with Crippen molar-refractivity contribution in [2.75, 3.05) is 6.61 Å². The molecule has 192 valence electrons. The van der Waals surface area contributed by atoms with Crippen molar-refractivity contribution in [1.82, 2.24) is 0 Å². The predicted octanol–water partition coefficient (Wildman–Crippen LogP) is 2.05. The molecule has 4 aliphatic rings. The van der Waals surface area contributed by atoms with Crippen molar-refractivity contribution in [3.05, 3.63) is 23.8 Å². The maximum atomic E-state index is 13.8. The number of allylic oxidation sites excluding steroid dienone is 4. The lowest BCUT2D eigenvalue weighted by Crippen LogP contribution is -2.79. The number of alkyl halides is 1. The molecule has 4 rings (SSSR count). The Morgan fingerprint density at radius 2 is 2.06 bits per heavy atom. The van der Waals surface area contributed by atoms with Gasteiger partial charge in [0.25, 0.3) is 0 Å². The number of ketones is 2. The molecule has 1 unspecified atom stereocenters. The van der Waals surface area contributed by atoms with Crippen LogP contribution in [0.2, 0.25) is 0 Å². The number of fused-ring (bicyclic) bond motifs is 5. The van der Waals surface area contributed by atoms with Crippen molar-refractivity contribution >= 4 is 44.3 Å². The molecule has 0 amide bonds. The zero-order chi connectivity index (χ0) is 25.8. The van der Waals surface area contributed by atoms with Crippen LogP contribution in [-0.4, -0.2) is 51.8 Å². The van der Waals surface area contributed by atoms with Gasteiger partial charge >= 0.3 is 5.97 Å². The molecule has 0 aliphatic heterocycles. The summed E-state index contributed by atoms with van der Waals surface area (Å²) in [4.78, 5) is 42.9. The van der Waals surface area contributed by atoms with Crippen LogP contribution in [0.15, 0.2) is 23.8 Å². The van der Waals surface area contributed by atoms with Crippen LogP contribution in [0.5, 0.6) is 0 Å². The van der Waals surface area contributed by atoms with Gasteiger partial charge in [0.05, 0.1) is 11.0 Å². The van der Waals surface area contributed by atoms with E-state index >= 15 is 0 Å². The van der Waals surface area contributed by atoms with Crippen LogP contribution in [0.25, 0.3) is 0 Å². The molecule has 0 aromatic rings. The highest BCUT2D eigenvalue weighted by Gasteiger charge is 2.77. The zero-order valence-electron chi connectivity index (χ0n) is 20.8. The van der Waals surface area contributed by atoms with Gasteiger partial charge in [0.15, 0.2) is 12.4 Å². The van der Waals surface area contributed by atoms with Crippen LogP contribution in [-0.2, 0) is 24.0 Å². The first kappa shape index (κ1) is 26.5. The summed E-state index contributed by atoms with van der Waals surface area (Å²) < 4.78 is 5.24. The number of ether oxygens (including phenoxy) is 1. The Balaban J connectivity index is 1.79. The number of carbonyl (C=O) groups is 3. The molecule has 0 saturated heterocycles. The minimum Gasteiger partial charge on any atom is -0.457 e. The van der Waals surface area contributed by atoms with Gasteiger partial charge < -0.3 is 9.84 Å². The average Bonchev–Trinajstić information content (AvgIpc) is 3.04. The lowest BCUT2D eigenvalue weighted by molar-refractivity contribution is -0.774. The molecule has 3 fully saturated rings. The maximum absolute atomic E-state index is 13.8. The van der Waals surface area contributed by atoms with Crippen LogP contribution in [0.3, 0.4) is 0 Å². The second-order valence-electron chi connectivity index (χ2n) is 11.0. The number of aliphatic hydroxyl groups excluding tert-OH is 1. The van der Waals surface area contributed by atoms with Gasteiger partial charge in [-0.1, -0.05) is 39.3 Å². The van der Waals surface area contributed by atoms with E-state index in [1.807, 2.05) is 26.8 Å². The summed E-state index contributed by atoms with van der Waals surface area (Å²) in [5.41, 5.74) is -1.81. The molecule has 0 spiro atoms. The fourth-order valence-corrected chi connectivity index (χ4v) is 8.47. The summed E-state index contributed by atoms with van der Waals surface area (Å²) in [7, 11) is 2.40. The second kappa shape index (κ2) is 9.08. The zero-order valence-corrected chi connectivity index (χ0v) is 22.7. The second-order valence-corrected chi connectivity index (χ2v) is 11.9. The molecule has 7 nitrogen and oxygen atoms in total. The summed E-state index contributed by atoms with van der Waals surface area (Å²) in [6.07, 6.45) is 6.60. The van der Waals surface area contributed by atoms with Crippen LogP contribution < -0.4 is 5.16 Å². The normalized spacial score (nSPS) is 44.3. The SMILES string of the molecule is CCC(=O)OCC(=O)[C@@]1(O[NH+]=CP)[C@@H](C)C[C@H]2[C@@H]3CCC4=CC(=O)C=C[C@]4(C)[C@@]3(Cl)[C@@H](O)C[C@@]21C. The van der Waals surface area contributed by atoms with E-state index in [1.54, 1.807) is 19.1 Å². The number of rotatable bonds is 6. The Kier molecular flexibility index (Phi) is 6.87. The molecule has 0 heterocycles. The third-order valence-electron chi connectivity index (χ3n) is 9.54. The van der Waals surface area contributed by atoms with E-state index in [4.69, 9.17) is 21.2 Å². The molecular formula is C26H36ClNO6P+. The number of nitrogens with one attached hydrogen (secondary N) is 1. The summed E-state index contributed by atoms with van der Waals surface area (Å²) in [5.74, 6) is 0.341. The Labute approximate surface area is 213 Å². The maximum Gasteiger partial charge on any atom is 0.305 e. The van der Waals surface area contributed by atoms with Gasteiger partial charge in [-0.2, -0.15) is 0 Å². The number of esters is 1. The Morgan fingerprint density at radius 1 is 1.34 bits per heavy atom. The van der Waals surface area contributed by atoms with Crippen LogP contribution >= 0.6 is 20.8 Å². The Morgan fingerprint density at radius 3 is 2.71 bits per heavy atom. The van der Waals surface area contributed by atoms with E-state index in [9.17, 15) is 19.5 Å². The molecule has 0 aromatic heterocycles. The van der Waals surface area contributed by atoms with Crippen LogP contribution in [0, 0.1) is 28.6 Å². The van der Waals surface area contributed by atoms with Crippen molar-refractivity contribution in [2.24, 2.45) is 28.6 Å². The Hall–Kier alpha value is -1.56. The molecule has 0 radical (unpaired) electrons. The largest absolute Gasteiger partial charge is 0.457 e. The molecule has 0 bridgehead atoms. The number of carbonyl (C=O) groups excluding carboxylic acids is 3. The highest BCUT2D eigenvalue weighted by Crippen LogP contribution is 2.71. The van der Waals surface area contributed by atoms with E-state index in [0.29, 0.717) is 19.3 Å². The van der Waals surface area contributed by atoms with Gasteiger partial charge in [-0.05, 0) is 64.1 Å². The van der Waals surface area contributed by atoms with Crippen LogP contribution in [0.4, 0.5) is 0 Å². The number of hydrogen-bond donors (Lipinski definition) is 2. The number of halogens is 1. The minimum atomic E-state index is -1.33. The van der Waals surface area contributed by atoms with Crippen molar-refractivity contribution in [3.8, 4) is 0 Å². The first-order valence-corrected chi connectivity index (χ1v) is 13.4. The molecule has 35 heavy (non-hydrogen) atoms. The van der Waals surface area contributed by atoms with Gasteiger partial charge in [-0.25, -0.2) is 0 Å². The van der Waals surface area contributed by atoms with Crippen molar-refractivity contribution in [3.63, 3.8) is 0 Å². The lowest BCUT2D eigenvalue weighted by atomic mass is 9.45.